The summed E-state index contributed by atoms with van der Waals surface area (Å²) in [4.78, 5) is 25.1. The molecule has 0 radical (unpaired) electrons. The smallest absolute Gasteiger partial charge is 0.370 e. The number of aliphatic carboxylic acids is 1. The Balaban J connectivity index is 1.62. The molecule has 8 heteroatoms. The molecule has 0 unspecified atom stereocenters. The van der Waals surface area contributed by atoms with Crippen LogP contribution in [0.25, 0.3) is 5.69 Å². The average Bonchev–Trinajstić information content (AvgIpc) is 3.06. The summed E-state index contributed by atoms with van der Waals surface area (Å²) in [5.74, 6) is -1.92. The second kappa shape index (κ2) is 9.48. The molecule has 172 valence electrons. The van der Waals surface area contributed by atoms with Gasteiger partial charge >= 0.3 is 5.97 Å². The van der Waals surface area contributed by atoms with Crippen molar-refractivity contribution in [3.63, 3.8) is 0 Å². The second-order valence-corrected chi connectivity index (χ2v) is 7.99. The van der Waals surface area contributed by atoms with Gasteiger partial charge in [0.1, 0.15) is 0 Å². The molecule has 1 aromatic heterocycles. The van der Waals surface area contributed by atoms with Crippen LogP contribution in [-0.2, 0) is 34.5 Å². The van der Waals surface area contributed by atoms with E-state index in [1.165, 1.54) is 6.08 Å². The summed E-state index contributed by atoms with van der Waals surface area (Å²) in [6, 6.07) is 16.6. The van der Waals surface area contributed by atoms with Crippen molar-refractivity contribution in [2.75, 3.05) is 0 Å². The number of ether oxygens (including phenoxy) is 2. The molecule has 0 fully saturated rings. The number of aliphatic hydroxyl groups is 1. The molecule has 0 spiro atoms. The van der Waals surface area contributed by atoms with E-state index >= 15 is 0 Å². The molecule has 4 rings (SSSR count). The van der Waals surface area contributed by atoms with Crippen LogP contribution in [0.1, 0.15) is 34.7 Å². The number of allylic oxidation sites excluding steroid dienone is 1. The van der Waals surface area contributed by atoms with E-state index in [2.05, 4.69) is 0 Å². The van der Waals surface area contributed by atoms with Crippen molar-refractivity contribution in [3.05, 3.63) is 99.2 Å². The van der Waals surface area contributed by atoms with Crippen molar-refractivity contribution in [2.24, 2.45) is 7.05 Å². The third-order valence-corrected chi connectivity index (χ3v) is 5.88. The van der Waals surface area contributed by atoms with Gasteiger partial charge in [-0.25, -0.2) is 9.48 Å². The first-order chi connectivity index (χ1) is 15.9. The predicted octanol–water partition coefficient (Wildman–Crippen LogP) is 2.99. The van der Waals surface area contributed by atoms with Gasteiger partial charge in [0.05, 0.1) is 18.9 Å². The quantitative estimate of drug-likeness (QED) is 0.574. The maximum absolute atomic E-state index is 13.4. The summed E-state index contributed by atoms with van der Waals surface area (Å²) in [7, 11) is 1.80. The lowest BCUT2D eigenvalue weighted by atomic mass is 9.93. The number of aromatic nitrogens is 2. The number of carboxylic acids is 1. The first-order valence-electron chi connectivity index (χ1n) is 10.6. The third-order valence-electron chi connectivity index (χ3n) is 5.88. The zero-order valence-electron chi connectivity index (χ0n) is 18.5. The topological polar surface area (TPSA) is 103 Å². The van der Waals surface area contributed by atoms with Gasteiger partial charge in [-0.3, -0.25) is 9.48 Å². The summed E-state index contributed by atoms with van der Waals surface area (Å²) >= 11 is 0. The highest BCUT2D eigenvalue weighted by Gasteiger charge is 2.32. The van der Waals surface area contributed by atoms with E-state index in [1.807, 2.05) is 49.4 Å². The number of rotatable bonds is 7. The molecule has 3 aromatic rings. The number of hydrogen-bond donors (Lipinski definition) is 2. The lowest BCUT2D eigenvalue weighted by Gasteiger charge is -2.28. The normalized spacial score (nSPS) is 18.0. The Bertz CT molecular complexity index is 1220. The van der Waals surface area contributed by atoms with E-state index in [0.717, 1.165) is 22.5 Å². The lowest BCUT2D eigenvalue weighted by Crippen LogP contribution is -2.29. The molecule has 2 N–H and O–H groups in total. The van der Waals surface area contributed by atoms with E-state index < -0.39 is 18.2 Å². The molecule has 2 atom stereocenters. The predicted molar refractivity (Wildman–Crippen MR) is 121 cm³/mol. The molecule has 0 bridgehead atoms. The molecule has 0 aliphatic carbocycles. The van der Waals surface area contributed by atoms with Gasteiger partial charge in [-0.2, -0.15) is 0 Å². The minimum absolute atomic E-state index is 0.0434. The minimum atomic E-state index is -1.21. The van der Waals surface area contributed by atoms with Gasteiger partial charge in [-0.05, 0) is 36.3 Å². The fourth-order valence-electron chi connectivity index (χ4n) is 4.06. The summed E-state index contributed by atoms with van der Waals surface area (Å²) in [6.45, 7) is 2.01. The van der Waals surface area contributed by atoms with Crippen LogP contribution in [0.15, 0.2) is 71.2 Å². The van der Waals surface area contributed by atoms with E-state index in [4.69, 9.17) is 9.47 Å². The van der Waals surface area contributed by atoms with Crippen LogP contribution < -0.4 is 5.56 Å². The Morgan fingerprint density at radius 3 is 2.42 bits per heavy atom. The van der Waals surface area contributed by atoms with Crippen LogP contribution >= 0.6 is 0 Å². The van der Waals surface area contributed by atoms with Crippen LogP contribution in [0.2, 0.25) is 0 Å². The molecule has 2 aromatic carbocycles. The van der Waals surface area contributed by atoms with Crippen LogP contribution in [-0.4, -0.2) is 31.8 Å². The number of benzene rings is 2. The van der Waals surface area contributed by atoms with Crippen LogP contribution in [0.3, 0.4) is 0 Å². The van der Waals surface area contributed by atoms with Crippen LogP contribution in [0.5, 0.6) is 0 Å². The van der Waals surface area contributed by atoms with Crippen molar-refractivity contribution in [2.45, 2.75) is 38.8 Å². The lowest BCUT2D eigenvalue weighted by molar-refractivity contribution is -0.160. The molecule has 0 amide bonds. The van der Waals surface area contributed by atoms with Crippen molar-refractivity contribution in [1.82, 2.24) is 9.36 Å². The molecule has 0 saturated carbocycles. The van der Waals surface area contributed by atoms with Gasteiger partial charge in [0.15, 0.2) is 0 Å². The molecular formula is C25H26N2O6. The fourth-order valence-corrected chi connectivity index (χ4v) is 4.06. The zero-order chi connectivity index (χ0) is 23.5. The van der Waals surface area contributed by atoms with Crippen molar-refractivity contribution >= 4 is 5.97 Å². The third kappa shape index (κ3) is 4.62. The highest BCUT2D eigenvalue weighted by atomic mass is 16.7. The molecule has 1 aliphatic heterocycles. The fraction of sp³-hybridized carbons (Fsp3) is 0.280. The summed E-state index contributed by atoms with van der Waals surface area (Å²) in [6.07, 6.45) is 0.963. The molecule has 0 saturated heterocycles. The zero-order valence-corrected chi connectivity index (χ0v) is 18.5. The van der Waals surface area contributed by atoms with Crippen molar-refractivity contribution in [3.8, 4) is 5.69 Å². The van der Waals surface area contributed by atoms with E-state index in [0.29, 0.717) is 12.0 Å². The van der Waals surface area contributed by atoms with Gasteiger partial charge in [-0.1, -0.05) is 42.5 Å². The number of para-hydroxylation sites is 1. The van der Waals surface area contributed by atoms with E-state index in [9.17, 15) is 19.8 Å². The summed E-state index contributed by atoms with van der Waals surface area (Å²) < 4.78 is 14.8. The number of carbonyl (C=O) groups is 1. The van der Waals surface area contributed by atoms with Gasteiger partial charge in [0, 0.05) is 30.6 Å². The number of carboxylic acid groups (broad SMARTS) is 1. The molecule has 2 heterocycles. The first-order valence-corrected chi connectivity index (χ1v) is 10.6. The van der Waals surface area contributed by atoms with E-state index in [1.54, 1.807) is 28.5 Å². The van der Waals surface area contributed by atoms with Gasteiger partial charge in [0.2, 0.25) is 12.0 Å². The highest BCUT2D eigenvalue weighted by molar-refractivity contribution is 5.84. The van der Waals surface area contributed by atoms with Crippen molar-refractivity contribution < 1.29 is 24.5 Å². The van der Waals surface area contributed by atoms with Crippen molar-refractivity contribution in [1.29, 1.82) is 0 Å². The highest BCUT2D eigenvalue weighted by Crippen LogP contribution is 2.32. The molecular weight excluding hydrogens is 424 g/mol. The maximum Gasteiger partial charge on any atom is 0.370 e. The number of hydrogen-bond acceptors (Lipinski definition) is 5. The number of aliphatic hydroxyl groups excluding tert-OH is 1. The minimum Gasteiger partial charge on any atom is -0.475 e. The monoisotopic (exact) mass is 450 g/mol. The first kappa shape index (κ1) is 22.6. The average molecular weight is 450 g/mol. The Morgan fingerprint density at radius 2 is 1.79 bits per heavy atom. The standard InChI is InChI=1S/C25H26N2O6/c1-16-23(24(29)27(26(16)2)20-6-4-3-5-7-20)19-12-21(25(30)31)33-22(13-19)32-15-18-10-8-17(14-28)9-11-18/h3-12,19,22,28H,13-15H2,1-2H3,(H,30,31)/t19-,22+/m1/s1. The van der Waals surface area contributed by atoms with E-state index in [-0.39, 0.29) is 24.5 Å². The summed E-state index contributed by atoms with van der Waals surface area (Å²) in [5.41, 5.74) is 3.44. The Hall–Kier alpha value is -3.62. The Labute approximate surface area is 190 Å². The van der Waals surface area contributed by atoms with Gasteiger partial charge < -0.3 is 19.7 Å². The Kier molecular flexibility index (Phi) is 6.48. The molecule has 33 heavy (non-hydrogen) atoms. The SMILES string of the molecule is Cc1c([C@@H]2C=C(C(=O)O)O[C@H](OCc3ccc(CO)cc3)C2)c(=O)n(-c2ccccc2)n1C. The largest absolute Gasteiger partial charge is 0.475 e. The second-order valence-electron chi connectivity index (χ2n) is 7.99. The van der Waals surface area contributed by atoms with Crippen LogP contribution in [0, 0.1) is 6.92 Å². The maximum atomic E-state index is 13.4. The van der Waals surface area contributed by atoms with Gasteiger partial charge in [0.25, 0.3) is 5.56 Å². The number of nitrogens with zero attached hydrogens (tertiary/aromatic N) is 2. The van der Waals surface area contributed by atoms with Gasteiger partial charge in [-0.15, -0.1) is 0 Å². The molecule has 1 aliphatic rings. The Morgan fingerprint density at radius 1 is 1.12 bits per heavy atom. The summed E-state index contributed by atoms with van der Waals surface area (Å²) in [5, 5.41) is 18.8. The molecule has 8 nitrogen and oxygen atoms in total. The van der Waals surface area contributed by atoms with Crippen LogP contribution in [0.4, 0.5) is 0 Å².